The van der Waals surface area contributed by atoms with Gasteiger partial charge >= 0.3 is 0 Å². The molecule has 32 heavy (non-hydrogen) atoms. The molecule has 0 radical (unpaired) electrons. The number of benzene rings is 1. The van der Waals surface area contributed by atoms with Crippen LogP contribution in [0, 0.1) is 23.2 Å². The van der Waals surface area contributed by atoms with Crippen LogP contribution >= 0.6 is 0 Å². The maximum atomic E-state index is 13.4. The van der Waals surface area contributed by atoms with Crippen molar-refractivity contribution in [3.05, 3.63) is 30.3 Å². The monoisotopic (exact) mass is 467 g/mol. The predicted molar refractivity (Wildman–Crippen MR) is 120 cm³/mol. The Morgan fingerprint density at radius 3 is 2.38 bits per heavy atom. The van der Waals surface area contributed by atoms with Gasteiger partial charge in [0.25, 0.3) is 10.1 Å². The van der Waals surface area contributed by atoms with Crippen molar-refractivity contribution in [2.24, 2.45) is 11.8 Å². The number of fused-ring (bicyclic) bond motifs is 1. The largest absolute Gasteiger partial charge is 0.323 e. The van der Waals surface area contributed by atoms with Crippen LogP contribution in [0.3, 0.4) is 0 Å². The Bertz CT molecular complexity index is 907. The first-order valence-corrected chi connectivity index (χ1v) is 12.2. The number of amides is 1. The lowest BCUT2D eigenvalue weighted by Crippen LogP contribution is -2.48. The molecule has 1 saturated heterocycles. The molecule has 2 N–H and O–H groups in total. The smallest absolute Gasteiger partial charge is 0.294 e. The molecule has 1 amide bonds. The van der Waals surface area contributed by atoms with E-state index in [2.05, 4.69) is 12.2 Å². The summed E-state index contributed by atoms with van der Waals surface area (Å²) in [6.45, 7) is 2.49. The van der Waals surface area contributed by atoms with Gasteiger partial charge in [-0.1, -0.05) is 44.9 Å². The van der Waals surface area contributed by atoms with Gasteiger partial charge in [0.15, 0.2) is 0 Å². The highest BCUT2D eigenvalue weighted by Gasteiger charge is 2.44. The first-order chi connectivity index (χ1) is 14.6. The third-order valence-electron chi connectivity index (χ3n) is 6.67. The lowest BCUT2D eigenvalue weighted by molar-refractivity contribution is -0.130. The maximum absolute atomic E-state index is 13.4. The fraction of sp³-hybridized carbons (Fsp3) is 0.652. The van der Waals surface area contributed by atoms with Crippen molar-refractivity contribution in [1.29, 1.82) is 5.26 Å². The van der Waals surface area contributed by atoms with Gasteiger partial charge in [-0.3, -0.25) is 9.35 Å². The third kappa shape index (κ3) is 6.50. The first kappa shape index (κ1) is 26.2. The second-order valence-electron chi connectivity index (χ2n) is 9.09. The van der Waals surface area contributed by atoms with Crippen LogP contribution in [0.4, 0.5) is 4.39 Å². The van der Waals surface area contributed by atoms with Crippen molar-refractivity contribution in [2.75, 3.05) is 13.1 Å². The SMILES string of the molecule is C.CC1(NCC(=O)N2CC(F)CC2C#N)CC2CCC[C@@H]2C1.O=S(=O)(O)c1ccccc1. The van der Waals surface area contributed by atoms with E-state index in [4.69, 9.17) is 9.81 Å². The molecule has 4 rings (SSSR count). The molecule has 1 aromatic rings. The van der Waals surface area contributed by atoms with Crippen molar-refractivity contribution in [3.8, 4) is 6.07 Å². The molecule has 7 nitrogen and oxygen atoms in total. The number of halogens is 1. The molecule has 5 atom stereocenters. The summed E-state index contributed by atoms with van der Waals surface area (Å²) in [5.74, 6) is 1.48. The highest BCUT2D eigenvalue weighted by atomic mass is 32.2. The standard InChI is InChI=1S/C16H24FN3O.C6H6O3S.CH4/c1-16(6-11-3-2-4-12(11)7-16)19-9-15(21)20-10-13(17)5-14(20)8-18;7-10(8,9)6-4-2-1-3-5-6;/h11-14,19H,2-7,9-10H2,1H3;1-5H,(H,7,8,9);1H4/t11-,12?,13?,14?,16?;;/m1../s1. The molecule has 0 aromatic heterocycles. The molecule has 1 aliphatic heterocycles. The highest BCUT2D eigenvalue weighted by Crippen LogP contribution is 2.48. The quantitative estimate of drug-likeness (QED) is 0.655. The zero-order valence-electron chi connectivity index (χ0n) is 17.7. The van der Waals surface area contributed by atoms with Crippen LogP contribution in [0.1, 0.15) is 52.9 Å². The van der Waals surface area contributed by atoms with E-state index in [1.165, 1.54) is 36.3 Å². The Kier molecular flexibility index (Phi) is 8.80. The number of hydrogen-bond donors (Lipinski definition) is 2. The van der Waals surface area contributed by atoms with E-state index in [0.29, 0.717) is 0 Å². The fourth-order valence-electron chi connectivity index (χ4n) is 5.20. The van der Waals surface area contributed by atoms with Crippen LogP contribution < -0.4 is 5.32 Å². The average Bonchev–Trinajstić information content (AvgIpc) is 3.40. The minimum Gasteiger partial charge on any atom is -0.323 e. The van der Waals surface area contributed by atoms with E-state index in [1.807, 2.05) is 6.07 Å². The van der Waals surface area contributed by atoms with Gasteiger partial charge in [-0.15, -0.1) is 0 Å². The summed E-state index contributed by atoms with van der Waals surface area (Å²) in [5, 5.41) is 12.4. The maximum Gasteiger partial charge on any atom is 0.294 e. The minimum atomic E-state index is -4.00. The van der Waals surface area contributed by atoms with Crippen LogP contribution in [0.15, 0.2) is 35.2 Å². The minimum absolute atomic E-state index is 0. The zero-order valence-corrected chi connectivity index (χ0v) is 18.5. The molecule has 178 valence electrons. The molecule has 1 heterocycles. The number of rotatable bonds is 4. The molecule has 3 fully saturated rings. The summed E-state index contributed by atoms with van der Waals surface area (Å²) in [5.41, 5.74) is 0.0302. The first-order valence-electron chi connectivity index (χ1n) is 10.7. The molecular weight excluding hydrogens is 433 g/mol. The van der Waals surface area contributed by atoms with Gasteiger partial charge in [-0.2, -0.15) is 13.7 Å². The van der Waals surface area contributed by atoms with Crippen molar-refractivity contribution in [1.82, 2.24) is 10.2 Å². The second-order valence-corrected chi connectivity index (χ2v) is 10.5. The molecule has 3 aliphatic rings. The zero-order chi connectivity index (χ0) is 22.6. The van der Waals surface area contributed by atoms with Gasteiger partial charge in [0.2, 0.25) is 5.91 Å². The average molecular weight is 468 g/mol. The summed E-state index contributed by atoms with van der Waals surface area (Å²) in [7, 11) is -4.00. The number of carbonyl (C=O) groups is 1. The van der Waals surface area contributed by atoms with E-state index in [-0.39, 0.29) is 43.3 Å². The van der Waals surface area contributed by atoms with Gasteiger partial charge in [-0.25, -0.2) is 4.39 Å². The Labute approximate surface area is 190 Å². The van der Waals surface area contributed by atoms with Crippen LogP contribution in [0.5, 0.6) is 0 Å². The van der Waals surface area contributed by atoms with E-state index in [1.54, 1.807) is 18.2 Å². The Hall–Kier alpha value is -2.02. The molecule has 1 aromatic carbocycles. The van der Waals surface area contributed by atoms with Crippen LogP contribution in [-0.2, 0) is 14.9 Å². The summed E-state index contributed by atoms with van der Waals surface area (Å²) in [4.78, 5) is 13.6. The van der Waals surface area contributed by atoms with Crippen molar-refractivity contribution >= 4 is 16.0 Å². The lowest BCUT2D eigenvalue weighted by Gasteiger charge is -2.28. The molecule has 9 heteroatoms. The van der Waals surface area contributed by atoms with Crippen LogP contribution in [0.2, 0.25) is 0 Å². The molecular formula is C23H34FN3O4S. The second kappa shape index (κ2) is 10.7. The lowest BCUT2D eigenvalue weighted by atomic mass is 9.96. The van der Waals surface area contributed by atoms with Crippen molar-refractivity contribution < 1.29 is 22.2 Å². The number of carbonyl (C=O) groups excluding carboxylic acids is 1. The Morgan fingerprint density at radius 1 is 1.28 bits per heavy atom. The summed E-state index contributed by atoms with van der Waals surface area (Å²) >= 11 is 0. The fourth-order valence-corrected chi connectivity index (χ4v) is 5.70. The number of alkyl halides is 1. The number of nitrogens with zero attached hydrogens (tertiary/aromatic N) is 2. The van der Waals surface area contributed by atoms with E-state index < -0.39 is 22.3 Å². The number of likely N-dealkylation sites (tertiary alicyclic amines) is 1. The molecule has 2 saturated carbocycles. The third-order valence-corrected chi connectivity index (χ3v) is 7.54. The molecule has 2 aliphatic carbocycles. The Balaban J connectivity index is 0.000000280. The molecule has 0 spiro atoms. The van der Waals surface area contributed by atoms with Crippen molar-refractivity contribution in [3.63, 3.8) is 0 Å². The highest BCUT2D eigenvalue weighted by molar-refractivity contribution is 7.85. The molecule has 0 bridgehead atoms. The van der Waals surface area contributed by atoms with Gasteiger partial charge in [0.1, 0.15) is 12.2 Å². The van der Waals surface area contributed by atoms with Gasteiger partial charge < -0.3 is 10.2 Å². The topological polar surface area (TPSA) is 111 Å². The normalized spacial score (nSPS) is 31.1. The van der Waals surface area contributed by atoms with Crippen molar-refractivity contribution in [2.45, 2.75) is 75.5 Å². The van der Waals surface area contributed by atoms with Crippen LogP contribution in [0.25, 0.3) is 0 Å². The molecule has 4 unspecified atom stereocenters. The number of nitrogens with one attached hydrogen (secondary N) is 1. The Morgan fingerprint density at radius 2 is 1.88 bits per heavy atom. The van der Waals surface area contributed by atoms with Gasteiger partial charge in [-0.05, 0) is 43.7 Å². The van der Waals surface area contributed by atoms with E-state index in [0.717, 1.165) is 24.7 Å². The van der Waals surface area contributed by atoms with Crippen LogP contribution in [-0.4, -0.2) is 54.6 Å². The summed E-state index contributed by atoms with van der Waals surface area (Å²) in [6.07, 6.45) is 5.37. The van der Waals surface area contributed by atoms with Gasteiger partial charge in [0, 0.05) is 12.0 Å². The van der Waals surface area contributed by atoms with Gasteiger partial charge in [0.05, 0.1) is 24.1 Å². The number of hydrogen-bond acceptors (Lipinski definition) is 5. The number of nitriles is 1. The van der Waals surface area contributed by atoms with E-state index in [9.17, 15) is 17.6 Å². The summed E-state index contributed by atoms with van der Waals surface area (Å²) < 4.78 is 42.6. The predicted octanol–water partition coefficient (Wildman–Crippen LogP) is 3.58. The van der Waals surface area contributed by atoms with E-state index >= 15 is 0 Å². The summed E-state index contributed by atoms with van der Waals surface area (Å²) in [6, 6.07) is 8.86.